The number of rotatable bonds is 12. The van der Waals surface area contributed by atoms with Crippen LogP contribution in [0.25, 0.3) is 0 Å². The molecule has 0 unspecified atom stereocenters. The number of amides is 2. The van der Waals surface area contributed by atoms with E-state index in [1.165, 1.54) is 17.0 Å². The second kappa shape index (κ2) is 14.2. The van der Waals surface area contributed by atoms with Crippen LogP contribution in [-0.2, 0) is 26.2 Å². The van der Waals surface area contributed by atoms with E-state index in [9.17, 15) is 18.0 Å². The minimum absolute atomic E-state index is 0.0289. The topological polar surface area (TPSA) is 86.8 Å². The van der Waals surface area contributed by atoms with Crippen LogP contribution in [0.15, 0.2) is 71.6 Å². The van der Waals surface area contributed by atoms with Crippen molar-refractivity contribution >= 4 is 50.7 Å². The summed E-state index contributed by atoms with van der Waals surface area (Å²) < 4.78 is 29.0. The maximum atomic E-state index is 14.0. The lowest BCUT2D eigenvalue weighted by atomic mass is 10.0. The molecule has 0 aliphatic rings. The number of halogens is 2. The fourth-order valence-electron chi connectivity index (χ4n) is 4.20. The molecular weight excluding hydrogens is 581 g/mol. The van der Waals surface area contributed by atoms with Crippen LogP contribution in [-0.4, -0.2) is 44.3 Å². The third-order valence-electron chi connectivity index (χ3n) is 6.79. The Kier molecular flexibility index (Phi) is 11.2. The van der Waals surface area contributed by atoms with Crippen LogP contribution in [0, 0.1) is 6.92 Å². The van der Waals surface area contributed by atoms with Gasteiger partial charge >= 0.3 is 0 Å². The van der Waals surface area contributed by atoms with E-state index in [1.54, 1.807) is 49.4 Å². The summed E-state index contributed by atoms with van der Waals surface area (Å²) in [5.74, 6) is -0.634. The molecule has 0 aliphatic carbocycles. The standard InChI is InChI=1S/C31H37Cl2N3O4S/c1-6-17-34-31(38)23(5)35(19-24-9-16-28(32)29(33)18-24)30(37)20-36(26-12-10-25(11-13-26)21(2)3)41(39,40)27-14-7-22(4)8-15-27/h7-16,18,21,23H,6,17,19-20H2,1-5H3,(H,34,38)/t23-/m0/s1. The highest BCUT2D eigenvalue weighted by Crippen LogP contribution is 2.28. The van der Waals surface area contributed by atoms with Crippen molar-refractivity contribution in [3.05, 3.63) is 93.5 Å². The van der Waals surface area contributed by atoms with Gasteiger partial charge in [0.2, 0.25) is 11.8 Å². The van der Waals surface area contributed by atoms with Gasteiger partial charge in [-0.05, 0) is 73.7 Å². The van der Waals surface area contributed by atoms with E-state index in [4.69, 9.17) is 23.2 Å². The average Bonchev–Trinajstić information content (AvgIpc) is 2.94. The molecule has 1 atom stereocenters. The van der Waals surface area contributed by atoms with Crippen LogP contribution in [0.4, 0.5) is 5.69 Å². The van der Waals surface area contributed by atoms with Gasteiger partial charge in [0.05, 0.1) is 20.6 Å². The summed E-state index contributed by atoms with van der Waals surface area (Å²) in [6.07, 6.45) is 0.730. The predicted octanol–water partition coefficient (Wildman–Crippen LogP) is 6.56. The van der Waals surface area contributed by atoms with Crippen LogP contribution in [0.3, 0.4) is 0 Å². The normalized spacial score (nSPS) is 12.2. The number of hydrogen-bond donors (Lipinski definition) is 1. The highest BCUT2D eigenvalue weighted by molar-refractivity contribution is 7.92. The van der Waals surface area contributed by atoms with Crippen molar-refractivity contribution in [1.82, 2.24) is 10.2 Å². The van der Waals surface area contributed by atoms with Crippen molar-refractivity contribution in [1.29, 1.82) is 0 Å². The van der Waals surface area contributed by atoms with Crippen molar-refractivity contribution in [2.24, 2.45) is 0 Å². The zero-order valence-electron chi connectivity index (χ0n) is 24.0. The molecule has 0 spiro atoms. The van der Waals surface area contributed by atoms with Gasteiger partial charge in [-0.25, -0.2) is 8.42 Å². The number of hydrogen-bond acceptors (Lipinski definition) is 4. The SMILES string of the molecule is CCCNC(=O)[C@H](C)N(Cc1ccc(Cl)c(Cl)c1)C(=O)CN(c1ccc(C(C)C)cc1)S(=O)(=O)c1ccc(C)cc1. The van der Waals surface area contributed by atoms with Crippen LogP contribution >= 0.6 is 23.2 Å². The van der Waals surface area contributed by atoms with Gasteiger partial charge in [-0.1, -0.05) is 79.9 Å². The van der Waals surface area contributed by atoms with Crippen LogP contribution in [0.1, 0.15) is 56.7 Å². The summed E-state index contributed by atoms with van der Waals surface area (Å²) in [5, 5.41) is 3.50. The summed E-state index contributed by atoms with van der Waals surface area (Å²) in [4.78, 5) is 28.4. The second-order valence-electron chi connectivity index (χ2n) is 10.3. The molecule has 0 heterocycles. The van der Waals surface area contributed by atoms with Crippen molar-refractivity contribution < 1.29 is 18.0 Å². The first-order chi connectivity index (χ1) is 19.3. The van der Waals surface area contributed by atoms with Crippen molar-refractivity contribution in [2.45, 2.75) is 64.4 Å². The van der Waals surface area contributed by atoms with E-state index in [-0.39, 0.29) is 23.3 Å². The molecule has 3 aromatic rings. The monoisotopic (exact) mass is 617 g/mol. The Hall–Kier alpha value is -3.07. The molecule has 10 heteroatoms. The Morgan fingerprint density at radius 1 is 0.902 bits per heavy atom. The smallest absolute Gasteiger partial charge is 0.264 e. The predicted molar refractivity (Wildman–Crippen MR) is 166 cm³/mol. The van der Waals surface area contributed by atoms with Crippen LogP contribution in [0.5, 0.6) is 0 Å². The van der Waals surface area contributed by atoms with Gasteiger partial charge in [0.1, 0.15) is 12.6 Å². The molecule has 0 bridgehead atoms. The minimum Gasteiger partial charge on any atom is -0.354 e. The zero-order chi connectivity index (χ0) is 30.3. The van der Waals surface area contributed by atoms with Crippen molar-refractivity contribution in [3.8, 4) is 0 Å². The summed E-state index contributed by atoms with van der Waals surface area (Å²) in [6.45, 7) is 9.49. The molecule has 41 heavy (non-hydrogen) atoms. The lowest BCUT2D eigenvalue weighted by Crippen LogP contribution is -2.51. The number of aryl methyl sites for hydroxylation is 1. The Morgan fingerprint density at radius 2 is 1.54 bits per heavy atom. The number of benzene rings is 3. The maximum absolute atomic E-state index is 14.0. The molecule has 0 aromatic heterocycles. The second-order valence-corrected chi connectivity index (χ2v) is 13.0. The third-order valence-corrected chi connectivity index (χ3v) is 9.32. The number of nitrogens with zero attached hydrogens (tertiary/aromatic N) is 2. The lowest BCUT2D eigenvalue weighted by molar-refractivity contribution is -0.139. The highest BCUT2D eigenvalue weighted by atomic mass is 35.5. The van der Waals surface area contributed by atoms with E-state index in [2.05, 4.69) is 5.32 Å². The number of anilines is 1. The molecule has 3 aromatic carbocycles. The molecule has 220 valence electrons. The highest BCUT2D eigenvalue weighted by Gasteiger charge is 2.32. The van der Waals surface area contributed by atoms with Gasteiger partial charge in [-0.3, -0.25) is 13.9 Å². The third kappa shape index (κ3) is 8.24. The van der Waals surface area contributed by atoms with Gasteiger partial charge in [0.15, 0.2) is 0 Å². The quantitative estimate of drug-likeness (QED) is 0.249. The largest absolute Gasteiger partial charge is 0.354 e. The van der Waals surface area contributed by atoms with E-state index in [0.29, 0.717) is 27.8 Å². The van der Waals surface area contributed by atoms with Crippen LogP contribution < -0.4 is 9.62 Å². The molecule has 0 fully saturated rings. The summed E-state index contributed by atoms with van der Waals surface area (Å²) >= 11 is 12.3. The molecule has 3 rings (SSSR count). The van der Waals surface area contributed by atoms with E-state index >= 15 is 0 Å². The van der Waals surface area contributed by atoms with Crippen LogP contribution in [0.2, 0.25) is 10.0 Å². The van der Waals surface area contributed by atoms with Gasteiger partial charge in [0.25, 0.3) is 10.0 Å². The number of carbonyl (C=O) groups excluding carboxylic acids is 2. The van der Waals surface area contributed by atoms with Gasteiger partial charge in [0, 0.05) is 13.1 Å². The van der Waals surface area contributed by atoms with Gasteiger partial charge in [-0.15, -0.1) is 0 Å². The summed E-state index contributed by atoms with van der Waals surface area (Å²) in [7, 11) is -4.13. The molecule has 1 N–H and O–H groups in total. The van der Waals surface area contributed by atoms with Crippen molar-refractivity contribution in [3.63, 3.8) is 0 Å². The van der Waals surface area contributed by atoms with Gasteiger partial charge in [-0.2, -0.15) is 0 Å². The van der Waals surface area contributed by atoms with E-state index < -0.39 is 28.5 Å². The molecular formula is C31H37Cl2N3O4S. The number of carbonyl (C=O) groups is 2. The first-order valence-electron chi connectivity index (χ1n) is 13.6. The molecule has 0 saturated heterocycles. The Balaban J connectivity index is 2.04. The Bertz CT molecular complexity index is 1460. The molecule has 0 radical (unpaired) electrons. The van der Waals surface area contributed by atoms with Gasteiger partial charge < -0.3 is 10.2 Å². The van der Waals surface area contributed by atoms with Crippen molar-refractivity contribution in [2.75, 3.05) is 17.4 Å². The molecule has 2 amide bonds. The summed E-state index contributed by atoms with van der Waals surface area (Å²) in [6, 6.07) is 17.7. The molecule has 7 nitrogen and oxygen atoms in total. The average molecular weight is 619 g/mol. The number of sulfonamides is 1. The summed E-state index contributed by atoms with van der Waals surface area (Å²) in [5.41, 5.74) is 2.95. The van der Waals surface area contributed by atoms with E-state index in [0.717, 1.165) is 21.9 Å². The lowest BCUT2D eigenvalue weighted by Gasteiger charge is -2.32. The minimum atomic E-state index is -4.13. The zero-order valence-corrected chi connectivity index (χ0v) is 26.4. The molecule has 0 saturated carbocycles. The van der Waals surface area contributed by atoms with E-state index in [1.807, 2.05) is 39.8 Å². The Morgan fingerprint density at radius 3 is 2.10 bits per heavy atom. The molecule has 0 aliphatic heterocycles. The fraction of sp³-hybridized carbons (Fsp3) is 0.355. The first-order valence-corrected chi connectivity index (χ1v) is 15.7. The Labute approximate surface area is 253 Å². The fourth-order valence-corrected chi connectivity index (χ4v) is 5.94. The number of nitrogens with one attached hydrogen (secondary N) is 1. The first kappa shape index (κ1) is 32.4. The maximum Gasteiger partial charge on any atom is 0.264 e.